The smallest absolute Gasteiger partial charge is 0.321 e. The minimum absolute atomic E-state index is 0.0345. The van der Waals surface area contributed by atoms with Gasteiger partial charge in [0.15, 0.2) is 0 Å². The standard InChI is InChI=1S/C17H25N3OS/c21-17(18-15-5-2-1-3-6-15)20-10-4-9-19(11-12-20)16-7-13-22-14-8-16/h1-3,5-6,16H,4,7-14H2,(H,18,21). The summed E-state index contributed by atoms with van der Waals surface area (Å²) in [6.45, 7) is 3.83. The Labute approximate surface area is 137 Å². The summed E-state index contributed by atoms with van der Waals surface area (Å²) in [5.41, 5.74) is 0.873. The van der Waals surface area contributed by atoms with Crippen LogP contribution in [-0.2, 0) is 0 Å². The topological polar surface area (TPSA) is 35.6 Å². The first-order chi connectivity index (χ1) is 10.8. The van der Waals surface area contributed by atoms with Crippen LogP contribution in [0.1, 0.15) is 19.3 Å². The molecular formula is C17H25N3OS. The lowest BCUT2D eigenvalue weighted by Gasteiger charge is -2.33. The van der Waals surface area contributed by atoms with Crippen molar-refractivity contribution in [2.75, 3.05) is 43.0 Å². The van der Waals surface area contributed by atoms with Gasteiger partial charge in [-0.1, -0.05) is 18.2 Å². The maximum absolute atomic E-state index is 12.4. The lowest BCUT2D eigenvalue weighted by atomic mass is 10.1. The summed E-state index contributed by atoms with van der Waals surface area (Å²) in [7, 11) is 0. The van der Waals surface area contributed by atoms with E-state index in [1.165, 1.54) is 24.3 Å². The first-order valence-electron chi connectivity index (χ1n) is 8.26. The molecule has 22 heavy (non-hydrogen) atoms. The molecule has 1 aromatic carbocycles. The normalized spacial score (nSPS) is 21.4. The quantitative estimate of drug-likeness (QED) is 0.910. The van der Waals surface area contributed by atoms with Gasteiger partial charge >= 0.3 is 6.03 Å². The van der Waals surface area contributed by atoms with E-state index in [2.05, 4.69) is 22.0 Å². The molecule has 0 saturated carbocycles. The molecule has 2 heterocycles. The van der Waals surface area contributed by atoms with Crippen LogP contribution in [0.15, 0.2) is 30.3 Å². The van der Waals surface area contributed by atoms with Gasteiger partial charge in [-0.15, -0.1) is 0 Å². The van der Waals surface area contributed by atoms with Gasteiger partial charge < -0.3 is 10.2 Å². The predicted molar refractivity (Wildman–Crippen MR) is 93.6 cm³/mol. The molecular weight excluding hydrogens is 294 g/mol. The number of carbonyl (C=O) groups excluding carboxylic acids is 1. The number of hydrogen-bond acceptors (Lipinski definition) is 3. The Morgan fingerprint density at radius 3 is 2.59 bits per heavy atom. The molecule has 4 nitrogen and oxygen atoms in total. The molecule has 0 bridgehead atoms. The van der Waals surface area contributed by atoms with Crippen molar-refractivity contribution in [2.24, 2.45) is 0 Å². The lowest BCUT2D eigenvalue weighted by molar-refractivity contribution is 0.186. The van der Waals surface area contributed by atoms with Crippen LogP contribution in [0.2, 0.25) is 0 Å². The summed E-state index contributed by atoms with van der Waals surface area (Å²) in [5, 5.41) is 3.00. The highest BCUT2D eigenvalue weighted by atomic mass is 32.2. The minimum atomic E-state index is 0.0345. The summed E-state index contributed by atoms with van der Waals surface area (Å²) in [5.74, 6) is 2.58. The highest BCUT2D eigenvalue weighted by Gasteiger charge is 2.25. The third-order valence-electron chi connectivity index (χ3n) is 4.55. The van der Waals surface area contributed by atoms with Crippen LogP contribution < -0.4 is 5.32 Å². The second-order valence-corrected chi connectivity index (χ2v) is 7.24. The predicted octanol–water partition coefficient (Wildman–Crippen LogP) is 3.12. The maximum Gasteiger partial charge on any atom is 0.321 e. The van der Waals surface area contributed by atoms with Gasteiger partial charge in [0, 0.05) is 37.9 Å². The highest BCUT2D eigenvalue weighted by Crippen LogP contribution is 2.22. The zero-order valence-corrected chi connectivity index (χ0v) is 13.9. The fourth-order valence-corrected chi connectivity index (χ4v) is 4.36. The summed E-state index contributed by atoms with van der Waals surface area (Å²) in [6.07, 6.45) is 3.69. The number of rotatable bonds is 2. The molecule has 0 atom stereocenters. The number of para-hydroxylation sites is 1. The first-order valence-corrected chi connectivity index (χ1v) is 9.41. The van der Waals surface area contributed by atoms with E-state index in [1.807, 2.05) is 35.2 Å². The first kappa shape index (κ1) is 15.7. The molecule has 1 aromatic rings. The minimum Gasteiger partial charge on any atom is -0.323 e. The second kappa shape index (κ2) is 7.88. The molecule has 3 rings (SSSR count). The van der Waals surface area contributed by atoms with E-state index in [9.17, 15) is 4.79 Å². The van der Waals surface area contributed by atoms with Crippen LogP contribution in [0.5, 0.6) is 0 Å². The Kier molecular flexibility index (Phi) is 5.62. The van der Waals surface area contributed by atoms with Crippen LogP contribution in [0.3, 0.4) is 0 Å². The molecule has 2 aliphatic rings. The summed E-state index contributed by atoms with van der Waals surface area (Å²) in [4.78, 5) is 17.0. The molecule has 120 valence electrons. The number of thioether (sulfide) groups is 1. The Bertz CT molecular complexity index is 476. The van der Waals surface area contributed by atoms with E-state index in [-0.39, 0.29) is 6.03 Å². The van der Waals surface area contributed by atoms with Gasteiger partial charge in [0.1, 0.15) is 0 Å². The molecule has 2 saturated heterocycles. The third kappa shape index (κ3) is 4.17. The number of urea groups is 1. The number of nitrogens with one attached hydrogen (secondary N) is 1. The summed E-state index contributed by atoms with van der Waals surface area (Å²) in [6, 6.07) is 10.5. The van der Waals surface area contributed by atoms with Gasteiger partial charge in [-0.2, -0.15) is 11.8 Å². The number of carbonyl (C=O) groups is 1. The van der Waals surface area contributed by atoms with Crippen LogP contribution in [0.25, 0.3) is 0 Å². The average molecular weight is 319 g/mol. The van der Waals surface area contributed by atoms with E-state index in [0.29, 0.717) is 0 Å². The summed E-state index contributed by atoms with van der Waals surface area (Å²) < 4.78 is 0. The highest BCUT2D eigenvalue weighted by molar-refractivity contribution is 7.99. The molecule has 5 heteroatoms. The van der Waals surface area contributed by atoms with E-state index in [0.717, 1.165) is 44.3 Å². The third-order valence-corrected chi connectivity index (χ3v) is 5.60. The van der Waals surface area contributed by atoms with Crippen molar-refractivity contribution in [3.05, 3.63) is 30.3 Å². The second-order valence-electron chi connectivity index (χ2n) is 6.02. The summed E-state index contributed by atoms with van der Waals surface area (Å²) >= 11 is 2.07. The monoisotopic (exact) mass is 319 g/mol. The van der Waals surface area contributed by atoms with Crippen molar-refractivity contribution in [3.63, 3.8) is 0 Å². The number of nitrogens with zero attached hydrogens (tertiary/aromatic N) is 2. The SMILES string of the molecule is O=C(Nc1ccccc1)N1CCCN(C2CCSCC2)CC1. The molecule has 2 aliphatic heterocycles. The Balaban J connectivity index is 1.52. The number of benzene rings is 1. The van der Waals surface area contributed by atoms with Crippen LogP contribution in [0, 0.1) is 0 Å². The van der Waals surface area contributed by atoms with Crippen molar-refractivity contribution in [1.82, 2.24) is 9.80 Å². The molecule has 2 amide bonds. The van der Waals surface area contributed by atoms with Crippen molar-refractivity contribution in [2.45, 2.75) is 25.3 Å². The molecule has 0 spiro atoms. The average Bonchev–Trinajstić information content (AvgIpc) is 2.83. The van der Waals surface area contributed by atoms with Gasteiger partial charge in [0.2, 0.25) is 0 Å². The maximum atomic E-state index is 12.4. The lowest BCUT2D eigenvalue weighted by Crippen LogP contribution is -2.42. The molecule has 1 N–H and O–H groups in total. The van der Waals surface area contributed by atoms with Crippen LogP contribution in [-0.4, -0.2) is 59.6 Å². The van der Waals surface area contributed by atoms with Gasteiger partial charge in [0.05, 0.1) is 0 Å². The van der Waals surface area contributed by atoms with Crippen molar-refractivity contribution in [3.8, 4) is 0 Å². The van der Waals surface area contributed by atoms with E-state index >= 15 is 0 Å². The van der Waals surface area contributed by atoms with Gasteiger partial charge in [-0.25, -0.2) is 4.79 Å². The fourth-order valence-electron chi connectivity index (χ4n) is 3.28. The molecule has 0 aromatic heterocycles. The van der Waals surface area contributed by atoms with Crippen molar-refractivity contribution in [1.29, 1.82) is 0 Å². The Hall–Kier alpha value is -1.20. The molecule has 2 fully saturated rings. The van der Waals surface area contributed by atoms with Gasteiger partial charge in [-0.05, 0) is 42.9 Å². The molecule has 0 radical (unpaired) electrons. The van der Waals surface area contributed by atoms with Crippen LogP contribution in [0.4, 0.5) is 10.5 Å². The number of hydrogen-bond donors (Lipinski definition) is 1. The zero-order chi connectivity index (χ0) is 15.2. The Morgan fingerprint density at radius 2 is 1.82 bits per heavy atom. The molecule has 0 aliphatic carbocycles. The number of amides is 2. The van der Waals surface area contributed by atoms with Gasteiger partial charge in [0.25, 0.3) is 0 Å². The van der Waals surface area contributed by atoms with E-state index in [4.69, 9.17) is 0 Å². The fraction of sp³-hybridized carbons (Fsp3) is 0.588. The zero-order valence-electron chi connectivity index (χ0n) is 13.0. The number of anilines is 1. The van der Waals surface area contributed by atoms with Crippen molar-refractivity contribution >= 4 is 23.5 Å². The van der Waals surface area contributed by atoms with Gasteiger partial charge in [-0.3, -0.25) is 4.90 Å². The van der Waals surface area contributed by atoms with E-state index < -0.39 is 0 Å². The van der Waals surface area contributed by atoms with Crippen molar-refractivity contribution < 1.29 is 4.79 Å². The largest absolute Gasteiger partial charge is 0.323 e. The van der Waals surface area contributed by atoms with E-state index in [1.54, 1.807) is 0 Å². The van der Waals surface area contributed by atoms with Crippen LogP contribution >= 0.6 is 11.8 Å². The Morgan fingerprint density at radius 1 is 1.05 bits per heavy atom. The molecule has 0 unspecified atom stereocenters.